The van der Waals surface area contributed by atoms with Gasteiger partial charge in [0.05, 0.1) is 5.56 Å². The smallest absolute Gasteiger partial charge is 0.256 e. The first-order valence-electron chi connectivity index (χ1n) is 6.73. The minimum Gasteiger partial charge on any atom is -0.398 e. The number of hydrogen-bond acceptors (Lipinski definition) is 3. The maximum atomic E-state index is 12.4. The predicted molar refractivity (Wildman–Crippen MR) is 93.5 cm³/mol. The van der Waals surface area contributed by atoms with Gasteiger partial charge in [-0.1, -0.05) is 15.9 Å². The van der Waals surface area contributed by atoms with E-state index < -0.39 is 0 Å². The molecule has 1 aromatic carbocycles. The van der Waals surface area contributed by atoms with Gasteiger partial charge in [0.2, 0.25) is 0 Å². The molecule has 0 unspecified atom stereocenters. The standard InChI is InChI=1S/C14H18BrN3O.2ClH/c15-10-1-4-12(13(16)9-10)14(19)18-7-5-17(6-8-18)11-2-3-11;;/h1,4,9,11H,2-3,5-8,16H2;2*1H. The molecule has 118 valence electrons. The lowest BCUT2D eigenvalue weighted by Crippen LogP contribution is -2.49. The largest absolute Gasteiger partial charge is 0.398 e. The summed E-state index contributed by atoms with van der Waals surface area (Å²) in [4.78, 5) is 16.8. The van der Waals surface area contributed by atoms with E-state index >= 15 is 0 Å². The Kier molecular flexibility index (Phi) is 6.78. The molecule has 4 nitrogen and oxygen atoms in total. The van der Waals surface area contributed by atoms with E-state index in [4.69, 9.17) is 5.73 Å². The molecular formula is C14H20BrCl2N3O. The molecule has 0 bridgehead atoms. The molecule has 1 saturated carbocycles. The number of benzene rings is 1. The van der Waals surface area contributed by atoms with Gasteiger partial charge in [-0.15, -0.1) is 24.8 Å². The molecule has 1 amide bonds. The first kappa shape index (κ1) is 18.6. The molecule has 0 spiro atoms. The average Bonchev–Trinajstić information content (AvgIpc) is 3.22. The molecule has 0 radical (unpaired) electrons. The topological polar surface area (TPSA) is 49.6 Å². The van der Waals surface area contributed by atoms with Crippen LogP contribution < -0.4 is 5.73 Å². The van der Waals surface area contributed by atoms with Crippen molar-refractivity contribution in [1.29, 1.82) is 0 Å². The summed E-state index contributed by atoms with van der Waals surface area (Å²) in [5, 5.41) is 0. The van der Waals surface area contributed by atoms with Gasteiger partial charge in [0.15, 0.2) is 0 Å². The highest BCUT2D eigenvalue weighted by Crippen LogP contribution is 2.28. The van der Waals surface area contributed by atoms with E-state index in [0.29, 0.717) is 11.3 Å². The maximum Gasteiger partial charge on any atom is 0.256 e. The quantitative estimate of drug-likeness (QED) is 0.782. The molecule has 1 heterocycles. The third-order valence-electron chi connectivity index (χ3n) is 3.91. The number of nitrogen functional groups attached to an aromatic ring is 1. The maximum absolute atomic E-state index is 12.4. The van der Waals surface area contributed by atoms with Gasteiger partial charge < -0.3 is 10.6 Å². The summed E-state index contributed by atoms with van der Waals surface area (Å²) in [5.74, 6) is 0.0560. The second kappa shape index (κ2) is 7.68. The number of anilines is 1. The molecule has 1 saturated heterocycles. The van der Waals surface area contributed by atoms with Gasteiger partial charge in [-0.3, -0.25) is 9.69 Å². The molecular weight excluding hydrogens is 377 g/mol. The van der Waals surface area contributed by atoms with Crippen molar-refractivity contribution in [2.24, 2.45) is 0 Å². The minimum absolute atomic E-state index is 0. The molecule has 0 aromatic heterocycles. The summed E-state index contributed by atoms with van der Waals surface area (Å²) in [6.07, 6.45) is 2.65. The molecule has 2 aliphatic rings. The first-order chi connectivity index (χ1) is 9.15. The minimum atomic E-state index is 0. The van der Waals surface area contributed by atoms with Crippen LogP contribution in [0, 0.1) is 0 Å². The molecule has 1 aliphatic heterocycles. The highest BCUT2D eigenvalue weighted by molar-refractivity contribution is 9.10. The normalized spacial score (nSPS) is 18.6. The van der Waals surface area contributed by atoms with Gasteiger partial charge >= 0.3 is 0 Å². The fraction of sp³-hybridized carbons (Fsp3) is 0.500. The molecule has 1 aliphatic carbocycles. The summed E-state index contributed by atoms with van der Waals surface area (Å²) >= 11 is 3.36. The molecule has 21 heavy (non-hydrogen) atoms. The third-order valence-corrected chi connectivity index (χ3v) is 4.40. The number of rotatable bonds is 2. The number of nitrogens with two attached hydrogens (primary N) is 1. The lowest BCUT2D eigenvalue weighted by Gasteiger charge is -2.35. The van der Waals surface area contributed by atoms with Crippen molar-refractivity contribution >= 4 is 52.3 Å². The molecule has 0 atom stereocenters. The Morgan fingerprint density at radius 1 is 1.14 bits per heavy atom. The van der Waals surface area contributed by atoms with Crippen molar-refractivity contribution in [3.05, 3.63) is 28.2 Å². The van der Waals surface area contributed by atoms with E-state index in [9.17, 15) is 4.79 Å². The van der Waals surface area contributed by atoms with E-state index in [1.54, 1.807) is 12.1 Å². The number of amides is 1. The average molecular weight is 397 g/mol. The molecule has 1 aromatic rings. The van der Waals surface area contributed by atoms with Crippen LogP contribution in [0.5, 0.6) is 0 Å². The van der Waals surface area contributed by atoms with Crippen molar-refractivity contribution in [2.45, 2.75) is 18.9 Å². The lowest BCUT2D eigenvalue weighted by molar-refractivity contribution is 0.0628. The summed E-state index contributed by atoms with van der Waals surface area (Å²) in [5.41, 5.74) is 7.09. The van der Waals surface area contributed by atoms with Gasteiger partial charge in [0.1, 0.15) is 0 Å². The Bertz CT molecular complexity index is 503. The van der Waals surface area contributed by atoms with Crippen LogP contribution in [-0.2, 0) is 0 Å². The fourth-order valence-electron chi connectivity index (χ4n) is 2.63. The van der Waals surface area contributed by atoms with Gasteiger partial charge in [-0.05, 0) is 31.0 Å². The van der Waals surface area contributed by atoms with Gasteiger partial charge in [-0.2, -0.15) is 0 Å². The number of carbonyl (C=O) groups is 1. The molecule has 3 rings (SSSR count). The Hall–Kier alpha value is -0.490. The van der Waals surface area contributed by atoms with E-state index in [1.807, 2.05) is 11.0 Å². The van der Waals surface area contributed by atoms with E-state index in [-0.39, 0.29) is 30.7 Å². The number of piperazine rings is 1. The Morgan fingerprint density at radius 3 is 2.29 bits per heavy atom. The van der Waals surface area contributed by atoms with E-state index in [0.717, 1.165) is 36.7 Å². The highest BCUT2D eigenvalue weighted by Gasteiger charge is 2.32. The molecule has 2 fully saturated rings. The SMILES string of the molecule is Cl.Cl.Nc1cc(Br)ccc1C(=O)N1CCN(C2CC2)CC1. The van der Waals surface area contributed by atoms with Crippen molar-refractivity contribution in [1.82, 2.24) is 9.80 Å². The number of hydrogen-bond donors (Lipinski definition) is 1. The summed E-state index contributed by atoms with van der Waals surface area (Å²) in [6, 6.07) is 6.24. The number of halogens is 3. The number of carbonyl (C=O) groups excluding carboxylic acids is 1. The fourth-order valence-corrected chi connectivity index (χ4v) is 3.01. The Labute approximate surface area is 146 Å². The zero-order valence-electron chi connectivity index (χ0n) is 11.6. The van der Waals surface area contributed by atoms with Crippen LogP contribution in [-0.4, -0.2) is 47.9 Å². The van der Waals surface area contributed by atoms with Crippen molar-refractivity contribution < 1.29 is 4.79 Å². The predicted octanol–water partition coefficient (Wildman–Crippen LogP) is 2.80. The Morgan fingerprint density at radius 2 is 1.76 bits per heavy atom. The first-order valence-corrected chi connectivity index (χ1v) is 7.53. The van der Waals surface area contributed by atoms with Gasteiger partial charge in [0.25, 0.3) is 5.91 Å². The van der Waals surface area contributed by atoms with Gasteiger partial charge in [-0.25, -0.2) is 0 Å². The second-order valence-electron chi connectivity index (χ2n) is 5.29. The zero-order chi connectivity index (χ0) is 13.4. The Balaban J connectivity index is 0.00000110. The number of nitrogens with zero attached hydrogens (tertiary/aromatic N) is 2. The monoisotopic (exact) mass is 395 g/mol. The van der Waals surface area contributed by atoms with Crippen molar-refractivity contribution in [2.75, 3.05) is 31.9 Å². The van der Waals surface area contributed by atoms with E-state index in [2.05, 4.69) is 20.8 Å². The second-order valence-corrected chi connectivity index (χ2v) is 6.21. The van der Waals surface area contributed by atoms with Crippen LogP contribution in [0.4, 0.5) is 5.69 Å². The third kappa shape index (κ3) is 4.25. The molecule has 7 heteroatoms. The molecule has 2 N–H and O–H groups in total. The van der Waals surface area contributed by atoms with Crippen LogP contribution in [0.25, 0.3) is 0 Å². The highest BCUT2D eigenvalue weighted by atomic mass is 79.9. The van der Waals surface area contributed by atoms with Crippen molar-refractivity contribution in [3.63, 3.8) is 0 Å². The van der Waals surface area contributed by atoms with Crippen LogP contribution in [0.1, 0.15) is 23.2 Å². The summed E-state index contributed by atoms with van der Waals surface area (Å²) in [6.45, 7) is 3.61. The van der Waals surface area contributed by atoms with E-state index in [1.165, 1.54) is 12.8 Å². The summed E-state index contributed by atoms with van der Waals surface area (Å²) < 4.78 is 0.903. The zero-order valence-corrected chi connectivity index (χ0v) is 14.8. The lowest BCUT2D eigenvalue weighted by atomic mass is 10.1. The van der Waals surface area contributed by atoms with Crippen LogP contribution >= 0.6 is 40.7 Å². The van der Waals surface area contributed by atoms with Crippen molar-refractivity contribution in [3.8, 4) is 0 Å². The summed E-state index contributed by atoms with van der Waals surface area (Å²) in [7, 11) is 0. The van der Waals surface area contributed by atoms with Crippen LogP contribution in [0.2, 0.25) is 0 Å². The van der Waals surface area contributed by atoms with Crippen LogP contribution in [0.15, 0.2) is 22.7 Å². The van der Waals surface area contributed by atoms with Crippen LogP contribution in [0.3, 0.4) is 0 Å². The van der Waals surface area contributed by atoms with Gasteiger partial charge in [0, 0.05) is 42.4 Å².